The van der Waals surface area contributed by atoms with Crippen LogP contribution < -0.4 is 4.74 Å². The number of benzene rings is 2. The minimum Gasteiger partial charge on any atom is -0.425 e. The second-order valence-electron chi connectivity index (χ2n) is 5.51. The Morgan fingerprint density at radius 2 is 1.61 bits per heavy atom. The lowest BCUT2D eigenvalue weighted by molar-refractivity contribution is -0.137. The van der Waals surface area contributed by atoms with Crippen molar-refractivity contribution in [1.29, 1.82) is 0 Å². The predicted molar refractivity (Wildman–Crippen MR) is 72.1 cm³/mol. The first-order valence-electron chi connectivity index (χ1n) is 6.19. The SMILES string of the molecule is Cc1c2c(c3ccccc3c1C)C(C)(C)C(=O)O2. The molecule has 3 rings (SSSR count). The summed E-state index contributed by atoms with van der Waals surface area (Å²) in [5.41, 5.74) is 2.73. The van der Waals surface area contributed by atoms with E-state index in [0.29, 0.717) is 0 Å². The number of carbonyl (C=O) groups is 1. The molecule has 0 bridgehead atoms. The lowest BCUT2D eigenvalue weighted by Gasteiger charge is -2.17. The molecular formula is C16H16O2. The number of hydrogen-bond donors (Lipinski definition) is 0. The number of rotatable bonds is 0. The molecule has 0 aromatic heterocycles. The van der Waals surface area contributed by atoms with Crippen molar-refractivity contribution in [3.8, 4) is 5.75 Å². The third-order valence-corrected chi connectivity index (χ3v) is 4.06. The Kier molecular flexibility index (Phi) is 2.10. The van der Waals surface area contributed by atoms with Crippen LogP contribution >= 0.6 is 0 Å². The molecule has 0 N–H and O–H groups in total. The van der Waals surface area contributed by atoms with E-state index in [0.717, 1.165) is 22.3 Å². The molecular weight excluding hydrogens is 224 g/mol. The summed E-state index contributed by atoms with van der Waals surface area (Å²) in [5.74, 6) is 0.609. The average molecular weight is 240 g/mol. The molecule has 1 aliphatic rings. The second kappa shape index (κ2) is 3.35. The molecule has 0 aliphatic carbocycles. The second-order valence-corrected chi connectivity index (χ2v) is 5.51. The van der Waals surface area contributed by atoms with Crippen LogP contribution in [0.25, 0.3) is 10.8 Å². The third-order valence-electron chi connectivity index (χ3n) is 4.06. The Bertz CT molecular complexity index is 681. The van der Waals surface area contributed by atoms with E-state index in [1.807, 2.05) is 32.9 Å². The van der Waals surface area contributed by atoms with Gasteiger partial charge >= 0.3 is 5.97 Å². The van der Waals surface area contributed by atoms with Gasteiger partial charge in [-0.1, -0.05) is 24.3 Å². The molecule has 0 atom stereocenters. The van der Waals surface area contributed by atoms with Crippen LogP contribution in [0.2, 0.25) is 0 Å². The standard InChI is InChI=1S/C16H16O2/c1-9-10(2)14-13(16(3,4)15(17)18-14)12-8-6-5-7-11(9)12/h5-8H,1-4H3. The van der Waals surface area contributed by atoms with Crippen molar-refractivity contribution in [3.05, 3.63) is 41.0 Å². The van der Waals surface area contributed by atoms with Crippen LogP contribution in [-0.4, -0.2) is 5.97 Å². The van der Waals surface area contributed by atoms with E-state index in [2.05, 4.69) is 19.1 Å². The molecule has 0 radical (unpaired) electrons. The molecule has 2 nitrogen and oxygen atoms in total. The third kappa shape index (κ3) is 1.20. The van der Waals surface area contributed by atoms with Crippen molar-refractivity contribution >= 4 is 16.7 Å². The van der Waals surface area contributed by atoms with Crippen molar-refractivity contribution < 1.29 is 9.53 Å². The van der Waals surface area contributed by atoms with Gasteiger partial charge in [0.2, 0.25) is 0 Å². The van der Waals surface area contributed by atoms with Gasteiger partial charge in [0.25, 0.3) is 0 Å². The van der Waals surface area contributed by atoms with Crippen LogP contribution in [0.15, 0.2) is 24.3 Å². The Hall–Kier alpha value is -1.83. The maximum atomic E-state index is 12.0. The van der Waals surface area contributed by atoms with Crippen LogP contribution in [0.1, 0.15) is 30.5 Å². The molecule has 0 amide bonds. The highest BCUT2D eigenvalue weighted by molar-refractivity contribution is 6.02. The molecule has 0 unspecified atom stereocenters. The maximum absolute atomic E-state index is 12.0. The average Bonchev–Trinajstić information content (AvgIpc) is 2.58. The topological polar surface area (TPSA) is 26.3 Å². The van der Waals surface area contributed by atoms with Gasteiger partial charge in [-0.25, -0.2) is 0 Å². The van der Waals surface area contributed by atoms with Crippen molar-refractivity contribution in [2.24, 2.45) is 0 Å². The van der Waals surface area contributed by atoms with Crippen molar-refractivity contribution in [3.63, 3.8) is 0 Å². The van der Waals surface area contributed by atoms with Crippen LogP contribution in [0.4, 0.5) is 0 Å². The smallest absolute Gasteiger partial charge is 0.321 e. The monoisotopic (exact) mass is 240 g/mol. The first-order valence-corrected chi connectivity index (χ1v) is 6.19. The fraction of sp³-hybridized carbons (Fsp3) is 0.312. The minimum absolute atomic E-state index is 0.156. The normalized spacial score (nSPS) is 16.8. The number of aryl methyl sites for hydroxylation is 1. The van der Waals surface area contributed by atoms with Crippen LogP contribution in [0.5, 0.6) is 5.75 Å². The zero-order valence-corrected chi connectivity index (χ0v) is 11.1. The van der Waals surface area contributed by atoms with E-state index in [9.17, 15) is 4.79 Å². The molecule has 1 aliphatic heterocycles. The van der Waals surface area contributed by atoms with Crippen molar-refractivity contribution in [1.82, 2.24) is 0 Å². The molecule has 2 aromatic rings. The maximum Gasteiger partial charge on any atom is 0.321 e. The largest absolute Gasteiger partial charge is 0.425 e. The molecule has 0 saturated carbocycles. The fourth-order valence-electron chi connectivity index (χ4n) is 2.78. The van der Waals surface area contributed by atoms with E-state index < -0.39 is 5.41 Å². The van der Waals surface area contributed by atoms with Gasteiger partial charge in [-0.05, 0) is 49.6 Å². The highest BCUT2D eigenvalue weighted by Crippen LogP contribution is 2.47. The highest BCUT2D eigenvalue weighted by Gasteiger charge is 2.43. The van der Waals surface area contributed by atoms with Crippen LogP contribution in [-0.2, 0) is 10.2 Å². The molecule has 2 heteroatoms. The Labute approximate surface area is 107 Å². The number of fused-ring (bicyclic) bond motifs is 3. The number of ether oxygens (including phenoxy) is 1. The van der Waals surface area contributed by atoms with Crippen LogP contribution in [0, 0.1) is 13.8 Å². The van der Waals surface area contributed by atoms with Crippen molar-refractivity contribution in [2.75, 3.05) is 0 Å². The fourth-order valence-corrected chi connectivity index (χ4v) is 2.78. The van der Waals surface area contributed by atoms with E-state index in [1.54, 1.807) is 0 Å². The number of esters is 1. The van der Waals surface area contributed by atoms with Gasteiger partial charge in [-0.15, -0.1) is 0 Å². The zero-order chi connectivity index (χ0) is 13.1. The lowest BCUT2D eigenvalue weighted by atomic mass is 9.81. The molecule has 1 heterocycles. The van der Waals surface area contributed by atoms with Gasteiger partial charge < -0.3 is 4.74 Å². The van der Waals surface area contributed by atoms with Gasteiger partial charge in [-0.3, -0.25) is 4.79 Å². The van der Waals surface area contributed by atoms with E-state index in [-0.39, 0.29) is 5.97 Å². The van der Waals surface area contributed by atoms with Crippen LogP contribution in [0.3, 0.4) is 0 Å². The molecule has 0 saturated heterocycles. The summed E-state index contributed by atoms with van der Waals surface area (Å²) >= 11 is 0. The molecule has 92 valence electrons. The lowest BCUT2D eigenvalue weighted by Crippen LogP contribution is -2.26. The predicted octanol–water partition coefficient (Wildman–Crippen LogP) is 3.65. The summed E-state index contributed by atoms with van der Waals surface area (Å²) in [4.78, 5) is 12.0. The zero-order valence-electron chi connectivity index (χ0n) is 11.1. The summed E-state index contributed by atoms with van der Waals surface area (Å²) in [6.45, 7) is 7.97. The first kappa shape index (κ1) is 11.3. The van der Waals surface area contributed by atoms with Gasteiger partial charge in [0.1, 0.15) is 5.75 Å². The van der Waals surface area contributed by atoms with E-state index in [4.69, 9.17) is 4.74 Å². The van der Waals surface area contributed by atoms with Gasteiger partial charge in [0.15, 0.2) is 0 Å². The molecule has 0 spiro atoms. The van der Waals surface area contributed by atoms with E-state index in [1.165, 1.54) is 10.9 Å². The summed E-state index contributed by atoms with van der Waals surface area (Å²) in [6.07, 6.45) is 0. The summed E-state index contributed by atoms with van der Waals surface area (Å²) < 4.78 is 5.50. The van der Waals surface area contributed by atoms with E-state index >= 15 is 0 Å². The Morgan fingerprint density at radius 1 is 1.00 bits per heavy atom. The Balaban J connectivity index is 2.54. The molecule has 0 fully saturated rings. The minimum atomic E-state index is -0.562. The summed E-state index contributed by atoms with van der Waals surface area (Å²) in [6, 6.07) is 8.23. The summed E-state index contributed by atoms with van der Waals surface area (Å²) in [5, 5.41) is 2.34. The Morgan fingerprint density at radius 3 is 2.28 bits per heavy atom. The van der Waals surface area contributed by atoms with Gasteiger partial charge in [0, 0.05) is 5.56 Å². The van der Waals surface area contributed by atoms with Crippen molar-refractivity contribution in [2.45, 2.75) is 33.1 Å². The quantitative estimate of drug-likeness (QED) is 0.519. The summed E-state index contributed by atoms with van der Waals surface area (Å²) in [7, 11) is 0. The van der Waals surface area contributed by atoms with Gasteiger partial charge in [-0.2, -0.15) is 0 Å². The molecule has 18 heavy (non-hydrogen) atoms. The molecule has 2 aromatic carbocycles. The van der Waals surface area contributed by atoms with Gasteiger partial charge in [0.05, 0.1) is 5.41 Å². The first-order chi connectivity index (χ1) is 8.44. The highest BCUT2D eigenvalue weighted by atomic mass is 16.5. The number of hydrogen-bond acceptors (Lipinski definition) is 2. The number of carbonyl (C=O) groups excluding carboxylic acids is 1.